The van der Waals surface area contributed by atoms with Gasteiger partial charge in [-0.2, -0.15) is 0 Å². The third-order valence-corrected chi connectivity index (χ3v) is 3.00. The quantitative estimate of drug-likeness (QED) is 0.905. The third-order valence-electron chi connectivity index (χ3n) is 2.15. The van der Waals surface area contributed by atoms with Crippen LogP contribution < -0.4 is 4.74 Å². The van der Waals surface area contributed by atoms with Crippen LogP contribution in [0, 0.1) is 6.92 Å². The van der Waals surface area contributed by atoms with Crippen LogP contribution in [0.4, 0.5) is 0 Å². The third kappa shape index (κ3) is 2.82. The minimum Gasteiger partial charge on any atom is -0.486 e. The van der Waals surface area contributed by atoms with E-state index < -0.39 is 5.97 Å². The first-order chi connectivity index (χ1) is 8.16. The lowest BCUT2D eigenvalue weighted by Gasteiger charge is -2.07. The SMILES string of the molecule is Cc1ccc(OCc2cccs2)c(C(=O)O)n1. The molecule has 0 saturated carbocycles. The van der Waals surface area contributed by atoms with Crippen molar-refractivity contribution in [3.05, 3.63) is 45.9 Å². The Labute approximate surface area is 103 Å². The van der Waals surface area contributed by atoms with E-state index in [0.717, 1.165) is 4.88 Å². The number of carboxylic acid groups (broad SMARTS) is 1. The standard InChI is InChI=1S/C12H11NO3S/c1-8-4-5-10(11(13-8)12(14)15)16-7-9-3-2-6-17-9/h2-6H,7H2,1H3,(H,14,15). The Morgan fingerprint density at radius 1 is 1.47 bits per heavy atom. The predicted molar refractivity (Wildman–Crippen MR) is 64.6 cm³/mol. The Bertz CT molecular complexity index is 523. The zero-order valence-electron chi connectivity index (χ0n) is 9.21. The maximum atomic E-state index is 11.0. The number of pyridine rings is 1. The van der Waals surface area contributed by atoms with Gasteiger partial charge in [0, 0.05) is 10.6 Å². The van der Waals surface area contributed by atoms with Crippen molar-refractivity contribution < 1.29 is 14.6 Å². The lowest BCUT2D eigenvalue weighted by atomic mass is 10.3. The fourth-order valence-electron chi connectivity index (χ4n) is 1.36. The first-order valence-corrected chi connectivity index (χ1v) is 5.91. The second kappa shape index (κ2) is 4.97. The summed E-state index contributed by atoms with van der Waals surface area (Å²) in [6.45, 7) is 2.11. The molecule has 2 aromatic heterocycles. The average Bonchev–Trinajstić information content (AvgIpc) is 2.80. The monoisotopic (exact) mass is 249 g/mol. The number of hydrogen-bond acceptors (Lipinski definition) is 4. The molecule has 0 aliphatic heterocycles. The van der Waals surface area contributed by atoms with E-state index in [2.05, 4.69) is 4.98 Å². The molecular formula is C12H11NO3S. The fourth-order valence-corrected chi connectivity index (χ4v) is 1.97. The molecule has 0 fully saturated rings. The topological polar surface area (TPSA) is 59.4 Å². The highest BCUT2D eigenvalue weighted by Gasteiger charge is 2.13. The van der Waals surface area contributed by atoms with E-state index in [1.54, 1.807) is 30.4 Å². The lowest BCUT2D eigenvalue weighted by Crippen LogP contribution is -2.06. The maximum Gasteiger partial charge on any atom is 0.358 e. The summed E-state index contributed by atoms with van der Waals surface area (Å²) in [6.07, 6.45) is 0. The van der Waals surface area contributed by atoms with Crippen molar-refractivity contribution in [3.63, 3.8) is 0 Å². The highest BCUT2D eigenvalue weighted by atomic mass is 32.1. The maximum absolute atomic E-state index is 11.0. The summed E-state index contributed by atoms with van der Waals surface area (Å²) in [6, 6.07) is 7.23. The number of ether oxygens (including phenoxy) is 1. The molecule has 17 heavy (non-hydrogen) atoms. The summed E-state index contributed by atoms with van der Waals surface area (Å²) in [5, 5.41) is 11.0. The number of hydrogen-bond donors (Lipinski definition) is 1. The number of aromatic carboxylic acids is 1. The van der Waals surface area contributed by atoms with Gasteiger partial charge in [-0.3, -0.25) is 0 Å². The summed E-state index contributed by atoms with van der Waals surface area (Å²) in [5.41, 5.74) is 0.618. The molecule has 2 rings (SSSR count). The van der Waals surface area contributed by atoms with Crippen LogP contribution in [0.1, 0.15) is 21.1 Å². The van der Waals surface area contributed by atoms with Gasteiger partial charge in [0.15, 0.2) is 11.4 Å². The second-order valence-corrected chi connectivity index (χ2v) is 4.50. The molecular weight excluding hydrogens is 238 g/mol. The van der Waals surface area contributed by atoms with Gasteiger partial charge in [-0.05, 0) is 30.5 Å². The Morgan fingerprint density at radius 2 is 2.29 bits per heavy atom. The smallest absolute Gasteiger partial charge is 0.358 e. The molecule has 0 bridgehead atoms. The normalized spacial score (nSPS) is 10.2. The number of thiophene rings is 1. The zero-order valence-corrected chi connectivity index (χ0v) is 10.0. The van der Waals surface area contributed by atoms with Gasteiger partial charge in [-0.1, -0.05) is 6.07 Å². The molecule has 0 amide bonds. The molecule has 88 valence electrons. The molecule has 0 saturated heterocycles. The highest BCUT2D eigenvalue weighted by molar-refractivity contribution is 7.09. The first-order valence-electron chi connectivity index (χ1n) is 5.03. The first kappa shape index (κ1) is 11.6. The van der Waals surface area contributed by atoms with Gasteiger partial charge in [0.25, 0.3) is 0 Å². The average molecular weight is 249 g/mol. The molecule has 0 atom stereocenters. The zero-order chi connectivity index (χ0) is 12.3. The van der Waals surface area contributed by atoms with E-state index in [1.807, 2.05) is 17.5 Å². The molecule has 0 spiro atoms. The van der Waals surface area contributed by atoms with E-state index in [0.29, 0.717) is 18.1 Å². The van der Waals surface area contributed by atoms with Gasteiger partial charge < -0.3 is 9.84 Å². The summed E-state index contributed by atoms with van der Waals surface area (Å²) in [4.78, 5) is 16.0. The van der Waals surface area contributed by atoms with Crippen molar-refractivity contribution in [1.82, 2.24) is 4.98 Å². The number of carboxylic acids is 1. The predicted octanol–water partition coefficient (Wildman–Crippen LogP) is 2.73. The minimum absolute atomic E-state index is 0.0402. The molecule has 2 heterocycles. The number of carbonyl (C=O) groups is 1. The second-order valence-electron chi connectivity index (χ2n) is 3.47. The van der Waals surface area contributed by atoms with Crippen LogP contribution in [0.2, 0.25) is 0 Å². The van der Waals surface area contributed by atoms with Gasteiger partial charge in [-0.15, -0.1) is 11.3 Å². The van der Waals surface area contributed by atoms with Crippen LogP contribution in [0.25, 0.3) is 0 Å². The van der Waals surface area contributed by atoms with Crippen LogP contribution in [0.15, 0.2) is 29.6 Å². The molecule has 0 radical (unpaired) electrons. The van der Waals surface area contributed by atoms with Crippen LogP contribution in [-0.4, -0.2) is 16.1 Å². The van der Waals surface area contributed by atoms with Gasteiger partial charge in [-0.25, -0.2) is 9.78 Å². The molecule has 0 aliphatic carbocycles. The largest absolute Gasteiger partial charge is 0.486 e. The lowest BCUT2D eigenvalue weighted by molar-refractivity contribution is 0.0684. The molecule has 0 unspecified atom stereocenters. The van der Waals surface area contributed by atoms with E-state index in [9.17, 15) is 4.79 Å². The molecule has 0 aromatic carbocycles. The van der Waals surface area contributed by atoms with E-state index in [1.165, 1.54) is 0 Å². The molecule has 1 N–H and O–H groups in total. The van der Waals surface area contributed by atoms with E-state index >= 15 is 0 Å². The number of aryl methyl sites for hydroxylation is 1. The van der Waals surface area contributed by atoms with Gasteiger partial charge in [0.05, 0.1) is 0 Å². The van der Waals surface area contributed by atoms with E-state index in [4.69, 9.17) is 9.84 Å². The van der Waals surface area contributed by atoms with Gasteiger partial charge >= 0.3 is 5.97 Å². The highest BCUT2D eigenvalue weighted by Crippen LogP contribution is 2.19. The molecule has 2 aromatic rings. The van der Waals surface area contributed by atoms with Crippen LogP contribution in [0.3, 0.4) is 0 Å². The van der Waals surface area contributed by atoms with Crippen molar-refractivity contribution in [1.29, 1.82) is 0 Å². The van der Waals surface area contributed by atoms with Crippen LogP contribution in [0.5, 0.6) is 5.75 Å². The van der Waals surface area contributed by atoms with Crippen molar-refractivity contribution in [2.75, 3.05) is 0 Å². The Kier molecular flexibility index (Phi) is 3.39. The van der Waals surface area contributed by atoms with Crippen molar-refractivity contribution >= 4 is 17.3 Å². The van der Waals surface area contributed by atoms with Crippen LogP contribution >= 0.6 is 11.3 Å². The molecule has 0 aliphatic rings. The van der Waals surface area contributed by atoms with Crippen molar-refractivity contribution in [2.24, 2.45) is 0 Å². The summed E-state index contributed by atoms with van der Waals surface area (Å²) in [5.74, 6) is -0.772. The van der Waals surface area contributed by atoms with Gasteiger partial charge in [0.2, 0.25) is 0 Å². The Hall–Kier alpha value is -1.88. The summed E-state index contributed by atoms with van der Waals surface area (Å²) < 4.78 is 5.46. The summed E-state index contributed by atoms with van der Waals surface area (Å²) in [7, 11) is 0. The fraction of sp³-hybridized carbons (Fsp3) is 0.167. The van der Waals surface area contributed by atoms with Crippen molar-refractivity contribution in [2.45, 2.75) is 13.5 Å². The van der Waals surface area contributed by atoms with E-state index in [-0.39, 0.29) is 5.69 Å². The Balaban J connectivity index is 2.17. The van der Waals surface area contributed by atoms with Crippen molar-refractivity contribution in [3.8, 4) is 5.75 Å². The van der Waals surface area contributed by atoms with Crippen LogP contribution in [-0.2, 0) is 6.61 Å². The molecule has 5 heteroatoms. The Morgan fingerprint density at radius 3 is 2.94 bits per heavy atom. The summed E-state index contributed by atoms with van der Waals surface area (Å²) >= 11 is 1.57. The minimum atomic E-state index is -1.07. The molecule has 4 nitrogen and oxygen atoms in total. The number of nitrogens with zero attached hydrogens (tertiary/aromatic N) is 1. The number of aromatic nitrogens is 1. The van der Waals surface area contributed by atoms with Gasteiger partial charge in [0.1, 0.15) is 6.61 Å². The number of rotatable bonds is 4.